The van der Waals surface area contributed by atoms with Crippen LogP contribution in [0.1, 0.15) is 13.8 Å². The Morgan fingerprint density at radius 3 is 1.38 bits per heavy atom. The molecule has 8 heavy (non-hydrogen) atoms. The van der Waals surface area contributed by atoms with Gasteiger partial charge in [0.1, 0.15) is 0 Å². The molecule has 0 aromatic heterocycles. The average Bonchev–Trinajstić information content (AvgIpc) is 1.38. The summed E-state index contributed by atoms with van der Waals surface area (Å²) in [4.78, 5) is 0. The van der Waals surface area contributed by atoms with Gasteiger partial charge >= 0.3 is 0 Å². The van der Waals surface area contributed by atoms with Crippen molar-refractivity contribution in [2.45, 2.75) is 13.8 Å². The van der Waals surface area contributed by atoms with Gasteiger partial charge in [-0.3, -0.25) is 0 Å². The molecule has 0 saturated carbocycles. The van der Waals surface area contributed by atoms with Gasteiger partial charge in [-0.2, -0.15) is 0 Å². The van der Waals surface area contributed by atoms with E-state index >= 15 is 0 Å². The van der Waals surface area contributed by atoms with Gasteiger partial charge in [-0.25, -0.2) is 0 Å². The molecule has 0 fully saturated rings. The maximum atomic E-state index is 8.14. The SMILES string of the molecule is CC(C)CO.O.O.[Zr]. The molecule has 3 nitrogen and oxygen atoms in total. The van der Waals surface area contributed by atoms with Crippen molar-refractivity contribution in [2.75, 3.05) is 6.61 Å². The first-order valence-corrected chi connectivity index (χ1v) is 1.88. The summed E-state index contributed by atoms with van der Waals surface area (Å²) in [5.41, 5.74) is 0. The van der Waals surface area contributed by atoms with Gasteiger partial charge in [0.2, 0.25) is 0 Å². The maximum Gasteiger partial charge on any atom is 0.0453 e. The Bertz CT molecular complexity index is 25.2. The molecule has 0 saturated heterocycles. The Morgan fingerprint density at radius 1 is 1.25 bits per heavy atom. The Hall–Kier alpha value is 0.763. The predicted molar refractivity (Wildman–Crippen MR) is 29.2 cm³/mol. The van der Waals surface area contributed by atoms with Crippen LogP contribution >= 0.6 is 0 Å². The van der Waals surface area contributed by atoms with E-state index in [1.165, 1.54) is 0 Å². The van der Waals surface area contributed by atoms with Crippen molar-refractivity contribution in [2.24, 2.45) is 5.92 Å². The molecular formula is C4H14O3Zr. The second-order valence-electron chi connectivity index (χ2n) is 1.58. The first-order valence-electron chi connectivity index (χ1n) is 1.88. The Kier molecular flexibility index (Phi) is 45.5. The van der Waals surface area contributed by atoms with Crippen LogP contribution in [-0.2, 0) is 26.2 Å². The molecular weight excluding hydrogens is 187 g/mol. The van der Waals surface area contributed by atoms with Crippen LogP contribution in [0.3, 0.4) is 0 Å². The summed E-state index contributed by atoms with van der Waals surface area (Å²) in [5, 5.41) is 8.14. The summed E-state index contributed by atoms with van der Waals surface area (Å²) < 4.78 is 0. The van der Waals surface area contributed by atoms with Crippen LogP contribution in [0.2, 0.25) is 0 Å². The zero-order valence-corrected chi connectivity index (χ0v) is 7.69. The van der Waals surface area contributed by atoms with Crippen LogP contribution in [0.25, 0.3) is 0 Å². The van der Waals surface area contributed by atoms with Gasteiger partial charge in [-0.15, -0.1) is 0 Å². The van der Waals surface area contributed by atoms with Gasteiger partial charge in [0, 0.05) is 32.8 Å². The van der Waals surface area contributed by atoms with Crippen LogP contribution < -0.4 is 0 Å². The van der Waals surface area contributed by atoms with E-state index in [0.717, 1.165) is 0 Å². The van der Waals surface area contributed by atoms with Crippen LogP contribution in [0.15, 0.2) is 0 Å². The zero-order chi connectivity index (χ0) is 4.28. The zero-order valence-electron chi connectivity index (χ0n) is 5.23. The van der Waals surface area contributed by atoms with Crippen molar-refractivity contribution in [1.29, 1.82) is 0 Å². The van der Waals surface area contributed by atoms with Crippen molar-refractivity contribution in [1.82, 2.24) is 0 Å². The van der Waals surface area contributed by atoms with Gasteiger partial charge in [-0.05, 0) is 5.92 Å². The maximum absolute atomic E-state index is 8.14. The van der Waals surface area contributed by atoms with Crippen molar-refractivity contribution in [3.8, 4) is 0 Å². The van der Waals surface area contributed by atoms with E-state index in [9.17, 15) is 0 Å². The van der Waals surface area contributed by atoms with Crippen LogP contribution in [0, 0.1) is 5.92 Å². The molecule has 0 rings (SSSR count). The molecule has 0 spiro atoms. The fraction of sp³-hybridized carbons (Fsp3) is 1.00. The molecule has 0 atom stereocenters. The molecule has 0 aliphatic carbocycles. The van der Waals surface area contributed by atoms with E-state index in [2.05, 4.69) is 0 Å². The Balaban J connectivity index is -0.0000000267. The van der Waals surface area contributed by atoms with Gasteiger partial charge in [0.05, 0.1) is 0 Å². The first-order chi connectivity index (χ1) is 2.27. The minimum atomic E-state index is 0. The summed E-state index contributed by atoms with van der Waals surface area (Å²) in [5.74, 6) is 0.440. The van der Waals surface area contributed by atoms with Gasteiger partial charge in [0.15, 0.2) is 0 Å². The van der Waals surface area contributed by atoms with E-state index in [0.29, 0.717) is 12.5 Å². The normalized spacial score (nSPS) is 6.00. The van der Waals surface area contributed by atoms with Crippen LogP contribution in [0.5, 0.6) is 0 Å². The van der Waals surface area contributed by atoms with E-state index in [4.69, 9.17) is 5.11 Å². The summed E-state index contributed by atoms with van der Waals surface area (Å²) >= 11 is 0. The average molecular weight is 201 g/mol. The van der Waals surface area contributed by atoms with E-state index in [-0.39, 0.29) is 37.2 Å². The summed E-state index contributed by atoms with van der Waals surface area (Å²) in [6.45, 7) is 4.25. The number of aliphatic hydroxyl groups excluding tert-OH is 1. The minimum absolute atomic E-state index is 0. The fourth-order valence-electron chi connectivity index (χ4n) is 0. The van der Waals surface area contributed by atoms with Gasteiger partial charge in [0.25, 0.3) is 0 Å². The second kappa shape index (κ2) is 15.7. The second-order valence-corrected chi connectivity index (χ2v) is 1.58. The molecule has 0 aliphatic heterocycles. The number of rotatable bonds is 1. The molecule has 0 aliphatic rings. The van der Waals surface area contributed by atoms with E-state index in [1.54, 1.807) is 0 Å². The largest absolute Gasteiger partial charge is 0.412 e. The van der Waals surface area contributed by atoms with E-state index < -0.39 is 0 Å². The van der Waals surface area contributed by atoms with Crippen LogP contribution in [0.4, 0.5) is 0 Å². The Labute approximate surface area is 68.8 Å². The molecule has 0 unspecified atom stereocenters. The summed E-state index contributed by atoms with van der Waals surface area (Å²) in [6.07, 6.45) is 0. The predicted octanol–water partition coefficient (Wildman–Crippen LogP) is -1.02. The molecule has 52 valence electrons. The minimum Gasteiger partial charge on any atom is -0.412 e. The molecule has 0 amide bonds. The Morgan fingerprint density at radius 2 is 1.38 bits per heavy atom. The third kappa shape index (κ3) is 29.4. The van der Waals surface area contributed by atoms with E-state index in [1.807, 2.05) is 13.8 Å². The first kappa shape index (κ1) is 23.3. The topological polar surface area (TPSA) is 83.2 Å². The molecule has 0 bridgehead atoms. The fourth-order valence-corrected chi connectivity index (χ4v) is 0. The number of aliphatic hydroxyl groups is 1. The van der Waals surface area contributed by atoms with Crippen molar-refractivity contribution < 1.29 is 42.3 Å². The molecule has 5 N–H and O–H groups in total. The van der Waals surface area contributed by atoms with Crippen molar-refractivity contribution in [3.05, 3.63) is 0 Å². The number of hydrogen-bond acceptors (Lipinski definition) is 1. The monoisotopic (exact) mass is 200 g/mol. The molecule has 0 radical (unpaired) electrons. The van der Waals surface area contributed by atoms with Crippen molar-refractivity contribution in [3.63, 3.8) is 0 Å². The van der Waals surface area contributed by atoms with Gasteiger partial charge < -0.3 is 16.1 Å². The smallest absolute Gasteiger partial charge is 0.0453 e. The summed E-state index contributed by atoms with van der Waals surface area (Å²) in [7, 11) is 0. The molecule has 0 aromatic rings. The standard InChI is InChI=1S/C4H10O.2H2O.Zr/c1-4(2)3-5;;;/h4-5H,3H2,1-2H3;2*1H2;. The molecule has 4 heteroatoms. The van der Waals surface area contributed by atoms with Crippen molar-refractivity contribution >= 4 is 0 Å². The third-order valence-electron chi connectivity index (χ3n) is 0.365. The number of hydrogen-bond donors (Lipinski definition) is 1. The van der Waals surface area contributed by atoms with Gasteiger partial charge in [-0.1, -0.05) is 13.8 Å². The molecule has 0 aromatic carbocycles. The quantitative estimate of drug-likeness (QED) is 0.579. The van der Waals surface area contributed by atoms with Crippen LogP contribution in [-0.4, -0.2) is 22.7 Å². The third-order valence-corrected chi connectivity index (χ3v) is 0.365. The molecule has 0 heterocycles. The summed E-state index contributed by atoms with van der Waals surface area (Å²) in [6, 6.07) is 0.